The molecule has 7 nitrogen and oxygen atoms in total. The second-order valence-corrected chi connectivity index (χ2v) is 9.47. The zero-order valence-corrected chi connectivity index (χ0v) is 21.8. The highest BCUT2D eigenvalue weighted by Crippen LogP contribution is 2.27. The third kappa shape index (κ3) is 6.47. The first-order chi connectivity index (χ1) is 14.7. The maximum absolute atomic E-state index is 12.6. The third-order valence-corrected chi connectivity index (χ3v) is 7.64. The summed E-state index contributed by atoms with van der Waals surface area (Å²) in [5.41, 5.74) is 0. The molecule has 0 aromatic carbocycles. The van der Waals surface area contributed by atoms with Gasteiger partial charge in [0.2, 0.25) is 5.91 Å². The largest absolute Gasteiger partial charge is 0.360 e. The van der Waals surface area contributed by atoms with Crippen molar-refractivity contribution in [1.82, 2.24) is 20.0 Å². The summed E-state index contributed by atoms with van der Waals surface area (Å²) in [6.07, 6.45) is 4.66. The standard InChI is InChI=1S/C22H36N6OS.HI/c1-23-22(28-16-14-26(15-17-28)20-7-4-18-30-20)24-8-9-25-10-12-27(13-11-25)21(29)19-5-2-3-6-19;/h4,7,18-19H,2-3,5-6,8-17H2,1H3,(H,23,24);1H. The Labute approximate surface area is 207 Å². The number of amides is 1. The summed E-state index contributed by atoms with van der Waals surface area (Å²) in [4.78, 5) is 26.5. The predicted octanol–water partition coefficient (Wildman–Crippen LogP) is 2.40. The first-order valence-electron chi connectivity index (χ1n) is 11.5. The van der Waals surface area contributed by atoms with Crippen molar-refractivity contribution in [3.05, 3.63) is 17.5 Å². The molecule has 1 saturated carbocycles. The van der Waals surface area contributed by atoms with E-state index in [4.69, 9.17) is 0 Å². The number of hydrogen-bond donors (Lipinski definition) is 1. The molecule has 1 amide bonds. The van der Waals surface area contributed by atoms with E-state index >= 15 is 0 Å². The van der Waals surface area contributed by atoms with Gasteiger partial charge in [-0.05, 0) is 30.4 Å². The highest BCUT2D eigenvalue weighted by molar-refractivity contribution is 14.0. The maximum atomic E-state index is 12.6. The molecule has 3 aliphatic rings. The van der Waals surface area contributed by atoms with Gasteiger partial charge in [-0.2, -0.15) is 0 Å². The smallest absolute Gasteiger partial charge is 0.225 e. The van der Waals surface area contributed by atoms with E-state index in [1.807, 2.05) is 18.4 Å². The molecular formula is C22H37IN6OS. The Morgan fingerprint density at radius 2 is 1.74 bits per heavy atom. The molecule has 174 valence electrons. The quantitative estimate of drug-likeness (QED) is 0.341. The van der Waals surface area contributed by atoms with E-state index in [9.17, 15) is 4.79 Å². The number of piperazine rings is 2. The number of rotatable bonds is 5. The number of aliphatic imine (C=N–C) groups is 1. The van der Waals surface area contributed by atoms with Crippen LogP contribution in [0.15, 0.2) is 22.5 Å². The summed E-state index contributed by atoms with van der Waals surface area (Å²) in [7, 11) is 1.88. The van der Waals surface area contributed by atoms with E-state index in [0.717, 1.165) is 84.2 Å². The van der Waals surface area contributed by atoms with Crippen LogP contribution < -0.4 is 10.2 Å². The van der Waals surface area contributed by atoms with Gasteiger partial charge in [0.1, 0.15) is 0 Å². The zero-order chi connectivity index (χ0) is 20.8. The molecule has 0 spiro atoms. The van der Waals surface area contributed by atoms with Crippen LogP contribution in [0.3, 0.4) is 0 Å². The number of nitrogens with zero attached hydrogens (tertiary/aromatic N) is 5. The van der Waals surface area contributed by atoms with Gasteiger partial charge in [-0.15, -0.1) is 35.3 Å². The first-order valence-corrected chi connectivity index (χ1v) is 12.4. The van der Waals surface area contributed by atoms with Crippen LogP contribution in [0.5, 0.6) is 0 Å². The highest BCUT2D eigenvalue weighted by atomic mass is 127. The molecule has 9 heteroatoms. The lowest BCUT2D eigenvalue weighted by molar-refractivity contribution is -0.137. The number of thiophene rings is 1. The molecule has 0 bridgehead atoms. The van der Waals surface area contributed by atoms with E-state index in [-0.39, 0.29) is 24.0 Å². The van der Waals surface area contributed by atoms with E-state index in [0.29, 0.717) is 11.8 Å². The number of hydrogen-bond acceptors (Lipinski definition) is 5. The minimum atomic E-state index is 0. The molecule has 3 heterocycles. The van der Waals surface area contributed by atoms with Gasteiger partial charge >= 0.3 is 0 Å². The van der Waals surface area contributed by atoms with Gasteiger partial charge in [-0.25, -0.2) is 0 Å². The fraction of sp³-hybridized carbons (Fsp3) is 0.727. The lowest BCUT2D eigenvalue weighted by atomic mass is 10.1. The summed E-state index contributed by atoms with van der Waals surface area (Å²) < 4.78 is 0. The number of nitrogens with one attached hydrogen (secondary N) is 1. The average molecular weight is 561 g/mol. The number of anilines is 1. The van der Waals surface area contributed by atoms with Crippen molar-refractivity contribution in [3.8, 4) is 0 Å². The van der Waals surface area contributed by atoms with E-state index in [1.54, 1.807) is 0 Å². The fourth-order valence-electron chi connectivity index (χ4n) is 4.87. The minimum Gasteiger partial charge on any atom is -0.360 e. The molecule has 1 aliphatic carbocycles. The third-order valence-electron chi connectivity index (χ3n) is 6.71. The number of carbonyl (C=O) groups excluding carboxylic acids is 1. The van der Waals surface area contributed by atoms with Crippen molar-refractivity contribution in [2.45, 2.75) is 25.7 Å². The van der Waals surface area contributed by atoms with Crippen LogP contribution in [-0.4, -0.2) is 99.1 Å². The molecule has 1 aromatic heterocycles. The molecule has 4 rings (SSSR count). The normalized spacial score (nSPS) is 21.3. The zero-order valence-electron chi connectivity index (χ0n) is 18.7. The van der Waals surface area contributed by atoms with Crippen molar-refractivity contribution < 1.29 is 4.79 Å². The molecule has 2 saturated heterocycles. The van der Waals surface area contributed by atoms with Crippen LogP contribution in [-0.2, 0) is 4.79 Å². The summed E-state index contributed by atoms with van der Waals surface area (Å²) in [6.45, 7) is 9.71. The summed E-state index contributed by atoms with van der Waals surface area (Å²) >= 11 is 1.81. The lowest BCUT2D eigenvalue weighted by Crippen LogP contribution is -2.54. The Bertz CT molecular complexity index is 693. The van der Waals surface area contributed by atoms with E-state index in [1.165, 1.54) is 17.8 Å². The topological polar surface area (TPSA) is 54.4 Å². The van der Waals surface area contributed by atoms with Crippen molar-refractivity contribution in [2.75, 3.05) is 77.4 Å². The van der Waals surface area contributed by atoms with Crippen molar-refractivity contribution >= 4 is 52.2 Å². The van der Waals surface area contributed by atoms with Gasteiger partial charge in [0.25, 0.3) is 0 Å². The van der Waals surface area contributed by atoms with Gasteiger partial charge in [0.15, 0.2) is 5.96 Å². The SMILES string of the molecule is CN=C(NCCN1CCN(C(=O)C2CCCC2)CC1)N1CCN(c2cccs2)CC1.I. The Kier molecular flexibility index (Phi) is 9.71. The minimum absolute atomic E-state index is 0. The maximum Gasteiger partial charge on any atom is 0.225 e. The highest BCUT2D eigenvalue weighted by Gasteiger charge is 2.29. The van der Waals surface area contributed by atoms with Crippen LogP contribution >= 0.6 is 35.3 Å². The molecule has 0 radical (unpaired) electrons. The second-order valence-electron chi connectivity index (χ2n) is 8.55. The average Bonchev–Trinajstić information content (AvgIpc) is 3.52. The van der Waals surface area contributed by atoms with E-state index < -0.39 is 0 Å². The molecule has 1 aromatic rings. The van der Waals surface area contributed by atoms with Gasteiger partial charge in [-0.1, -0.05) is 12.8 Å². The van der Waals surface area contributed by atoms with Gasteiger partial charge in [0, 0.05) is 78.4 Å². The number of guanidine groups is 1. The van der Waals surface area contributed by atoms with Crippen LogP contribution in [0, 0.1) is 5.92 Å². The van der Waals surface area contributed by atoms with Crippen LogP contribution in [0.4, 0.5) is 5.00 Å². The van der Waals surface area contributed by atoms with Crippen molar-refractivity contribution in [3.63, 3.8) is 0 Å². The lowest BCUT2D eigenvalue weighted by Gasteiger charge is -2.38. The Morgan fingerprint density at radius 1 is 1.06 bits per heavy atom. The Hall–Kier alpha value is -1.07. The van der Waals surface area contributed by atoms with Gasteiger partial charge < -0.3 is 20.0 Å². The number of carbonyl (C=O) groups is 1. The summed E-state index contributed by atoms with van der Waals surface area (Å²) in [5.74, 6) is 1.73. The van der Waals surface area contributed by atoms with Crippen LogP contribution in [0.1, 0.15) is 25.7 Å². The first kappa shape index (κ1) is 24.6. The number of halogens is 1. The van der Waals surface area contributed by atoms with Gasteiger partial charge in [0.05, 0.1) is 5.00 Å². The van der Waals surface area contributed by atoms with Crippen molar-refractivity contribution in [1.29, 1.82) is 0 Å². The molecule has 3 fully saturated rings. The molecule has 1 N–H and O–H groups in total. The molecule has 0 unspecified atom stereocenters. The van der Waals surface area contributed by atoms with Crippen LogP contribution in [0.2, 0.25) is 0 Å². The fourth-order valence-corrected chi connectivity index (χ4v) is 5.65. The van der Waals surface area contributed by atoms with E-state index in [2.05, 4.69) is 47.4 Å². The summed E-state index contributed by atoms with van der Waals surface area (Å²) in [6, 6.07) is 4.33. The summed E-state index contributed by atoms with van der Waals surface area (Å²) in [5, 5.41) is 7.06. The molecular weight excluding hydrogens is 523 g/mol. The van der Waals surface area contributed by atoms with Crippen molar-refractivity contribution in [2.24, 2.45) is 10.9 Å². The van der Waals surface area contributed by atoms with Crippen LogP contribution in [0.25, 0.3) is 0 Å². The van der Waals surface area contributed by atoms with Gasteiger partial charge in [-0.3, -0.25) is 14.7 Å². The predicted molar refractivity (Wildman–Crippen MR) is 140 cm³/mol. The molecule has 2 aliphatic heterocycles. The molecule has 31 heavy (non-hydrogen) atoms. The second kappa shape index (κ2) is 12.2. The monoisotopic (exact) mass is 560 g/mol. The Balaban J connectivity index is 0.00000272. The Morgan fingerprint density at radius 3 is 2.35 bits per heavy atom. The molecule has 0 atom stereocenters.